The van der Waals surface area contributed by atoms with Gasteiger partial charge >= 0.3 is 0 Å². The normalized spacial score (nSPS) is 36.2. The van der Waals surface area contributed by atoms with Crippen LogP contribution in [0.15, 0.2) is 24.3 Å². The van der Waals surface area contributed by atoms with E-state index in [0.717, 1.165) is 23.6 Å². The lowest BCUT2D eigenvalue weighted by atomic mass is 9.65. The summed E-state index contributed by atoms with van der Waals surface area (Å²) >= 11 is 0. The lowest BCUT2D eigenvalue weighted by molar-refractivity contribution is -0.137. The Kier molecular flexibility index (Phi) is 4.83. The van der Waals surface area contributed by atoms with Crippen LogP contribution in [0.5, 0.6) is 0 Å². The molecule has 4 atom stereocenters. The van der Waals surface area contributed by atoms with Gasteiger partial charge in [-0.15, -0.1) is 0 Å². The van der Waals surface area contributed by atoms with Gasteiger partial charge in [-0.05, 0) is 54.2 Å². The third kappa shape index (κ3) is 3.82. The summed E-state index contributed by atoms with van der Waals surface area (Å²) in [4.78, 5) is 15.5. The highest BCUT2D eigenvalue weighted by molar-refractivity contribution is 7.87. The predicted molar refractivity (Wildman–Crippen MR) is 109 cm³/mol. The molecule has 1 aromatic rings. The zero-order chi connectivity index (χ0) is 21.2. The maximum atomic E-state index is 13.6. The molecule has 0 spiro atoms. The molecule has 2 aliphatic heterocycles. The van der Waals surface area contributed by atoms with Gasteiger partial charge in [0.25, 0.3) is 10.2 Å². The number of rotatable bonds is 2. The monoisotopic (exact) mass is 423 g/mol. The molecule has 0 aromatic heterocycles. The van der Waals surface area contributed by atoms with Crippen molar-refractivity contribution in [1.29, 1.82) is 0 Å². The van der Waals surface area contributed by atoms with Gasteiger partial charge in [0.2, 0.25) is 5.91 Å². The van der Waals surface area contributed by atoms with E-state index in [2.05, 4.69) is 25.5 Å². The molecule has 3 fully saturated rings. The number of halogens is 1. The molecule has 2 heterocycles. The first kappa shape index (κ1) is 20.8. The van der Waals surface area contributed by atoms with Crippen LogP contribution in [0.3, 0.4) is 0 Å². The molecule has 0 unspecified atom stereocenters. The molecule has 1 amide bonds. The molecule has 29 heavy (non-hydrogen) atoms. The summed E-state index contributed by atoms with van der Waals surface area (Å²) in [6.45, 7) is 7.41. The smallest absolute Gasteiger partial charge is 0.280 e. The van der Waals surface area contributed by atoms with Crippen molar-refractivity contribution in [2.24, 2.45) is 10.8 Å². The average molecular weight is 424 g/mol. The second kappa shape index (κ2) is 6.75. The molecule has 8 heteroatoms. The van der Waals surface area contributed by atoms with Gasteiger partial charge in [0.05, 0.1) is 0 Å². The lowest BCUT2D eigenvalue weighted by Gasteiger charge is -2.41. The molecule has 2 saturated heterocycles. The van der Waals surface area contributed by atoms with Gasteiger partial charge in [0.15, 0.2) is 0 Å². The van der Waals surface area contributed by atoms with Gasteiger partial charge in [0, 0.05) is 25.7 Å². The van der Waals surface area contributed by atoms with Crippen molar-refractivity contribution in [1.82, 2.24) is 13.9 Å². The van der Waals surface area contributed by atoms with Crippen LogP contribution in [-0.4, -0.2) is 49.2 Å². The van der Waals surface area contributed by atoms with Crippen LogP contribution in [0.1, 0.15) is 58.1 Å². The lowest BCUT2D eigenvalue weighted by Crippen LogP contribution is -2.58. The number of fused-ring (bicyclic) bond motifs is 2. The molecule has 160 valence electrons. The van der Waals surface area contributed by atoms with Gasteiger partial charge in [0.1, 0.15) is 11.9 Å². The zero-order valence-corrected chi connectivity index (χ0v) is 18.3. The number of benzene rings is 1. The fourth-order valence-corrected chi connectivity index (χ4v) is 7.18. The van der Waals surface area contributed by atoms with E-state index >= 15 is 0 Å². The largest absolute Gasteiger partial charge is 0.338 e. The summed E-state index contributed by atoms with van der Waals surface area (Å²) in [6, 6.07) is 4.61. The predicted octanol–water partition coefficient (Wildman–Crippen LogP) is 2.83. The van der Waals surface area contributed by atoms with Crippen molar-refractivity contribution in [2.75, 3.05) is 13.6 Å². The highest BCUT2D eigenvalue weighted by Gasteiger charge is 2.53. The molecule has 2 bridgehead atoms. The van der Waals surface area contributed by atoms with Gasteiger partial charge in [-0.3, -0.25) is 4.79 Å². The molecule has 1 saturated carbocycles. The highest BCUT2D eigenvalue weighted by atomic mass is 32.2. The van der Waals surface area contributed by atoms with Crippen LogP contribution in [0.2, 0.25) is 0 Å². The molecule has 1 N–H and O–H groups in total. The Morgan fingerprint density at radius 1 is 1.17 bits per heavy atom. The number of nitrogens with one attached hydrogen (secondary N) is 1. The number of hydrogen-bond donors (Lipinski definition) is 1. The summed E-state index contributed by atoms with van der Waals surface area (Å²) < 4.78 is 42.5. The summed E-state index contributed by atoms with van der Waals surface area (Å²) in [5.41, 5.74) is 0.923. The first-order chi connectivity index (χ1) is 13.4. The van der Waals surface area contributed by atoms with E-state index in [1.54, 1.807) is 12.1 Å². The van der Waals surface area contributed by atoms with Crippen molar-refractivity contribution < 1.29 is 17.6 Å². The van der Waals surface area contributed by atoms with E-state index in [-0.39, 0.29) is 28.6 Å². The van der Waals surface area contributed by atoms with Crippen LogP contribution in [0, 0.1) is 16.6 Å². The maximum Gasteiger partial charge on any atom is 0.280 e. The Balaban J connectivity index is 1.61. The second-order valence-electron chi connectivity index (χ2n) is 10.2. The van der Waals surface area contributed by atoms with Gasteiger partial charge in [-0.2, -0.15) is 17.4 Å². The second-order valence-corrected chi connectivity index (χ2v) is 11.9. The van der Waals surface area contributed by atoms with Gasteiger partial charge in [-0.1, -0.05) is 32.9 Å². The first-order valence-corrected chi connectivity index (χ1v) is 11.6. The van der Waals surface area contributed by atoms with Crippen molar-refractivity contribution in [2.45, 2.75) is 64.6 Å². The van der Waals surface area contributed by atoms with Crippen LogP contribution < -0.4 is 4.72 Å². The molecule has 1 aliphatic carbocycles. The molecule has 4 rings (SSSR count). The van der Waals surface area contributed by atoms with Crippen molar-refractivity contribution in [3.63, 3.8) is 0 Å². The number of likely N-dealkylation sites (N-methyl/N-ethyl adjacent to an activating group) is 1. The minimum absolute atomic E-state index is 0.0861. The molecule has 0 radical (unpaired) electrons. The van der Waals surface area contributed by atoms with E-state index in [9.17, 15) is 17.6 Å². The molecule has 6 nitrogen and oxygen atoms in total. The minimum atomic E-state index is -3.81. The summed E-state index contributed by atoms with van der Waals surface area (Å²) in [5, 5.41) is 0. The number of nitrogens with zero attached hydrogens (tertiary/aromatic N) is 2. The van der Waals surface area contributed by atoms with Crippen LogP contribution in [-0.2, 0) is 15.0 Å². The highest BCUT2D eigenvalue weighted by Crippen LogP contribution is 2.52. The number of carbonyl (C=O) groups is 1. The summed E-state index contributed by atoms with van der Waals surface area (Å²) in [7, 11) is -2.35. The summed E-state index contributed by atoms with van der Waals surface area (Å²) in [6.07, 6.45) is 3.31. The van der Waals surface area contributed by atoms with Crippen molar-refractivity contribution in [3.05, 3.63) is 35.6 Å². The molecular formula is C21H30FN3O3S. The van der Waals surface area contributed by atoms with E-state index < -0.39 is 22.3 Å². The van der Waals surface area contributed by atoms with E-state index in [0.29, 0.717) is 18.5 Å². The minimum Gasteiger partial charge on any atom is -0.338 e. The van der Waals surface area contributed by atoms with E-state index in [1.807, 2.05) is 4.90 Å². The quantitative estimate of drug-likeness (QED) is 0.795. The fourth-order valence-electron chi connectivity index (χ4n) is 5.91. The zero-order valence-electron chi connectivity index (χ0n) is 17.5. The molecule has 3 aliphatic rings. The average Bonchev–Trinajstić information content (AvgIpc) is 2.86. The number of likely N-dealkylation sites (tertiary alicyclic amines) is 1. The standard InChI is InChI=1S/C21H30FN3O3S/c1-20(2)10-16-11-21(3,12-20)13-25(16)19(26)18-9-17(23-29(27,28)24(18)4)14-5-7-15(22)8-6-14/h5-8,16-18,23H,9-13H2,1-4H3/t16-,17-,18+,21-/m0/s1. The fraction of sp³-hybridized carbons (Fsp3) is 0.667. The Morgan fingerprint density at radius 2 is 1.83 bits per heavy atom. The Labute approximate surface area is 172 Å². The topological polar surface area (TPSA) is 69.7 Å². The molecule has 1 aromatic carbocycles. The SMILES string of the molecule is CN1[C@@H](C(=O)N2C[C@@]3(C)C[C@@H]2CC(C)(C)C3)C[C@@H](c2ccc(F)cc2)NS1(=O)=O. The Hall–Kier alpha value is -1.51. The van der Waals surface area contributed by atoms with Crippen LogP contribution in [0.25, 0.3) is 0 Å². The number of hydrogen-bond acceptors (Lipinski definition) is 3. The number of amides is 1. The number of carbonyl (C=O) groups excluding carboxylic acids is 1. The summed E-state index contributed by atoms with van der Waals surface area (Å²) in [5.74, 6) is -0.492. The molecular weight excluding hydrogens is 393 g/mol. The van der Waals surface area contributed by atoms with E-state index in [1.165, 1.54) is 19.2 Å². The third-order valence-electron chi connectivity index (χ3n) is 6.82. The van der Waals surface area contributed by atoms with Crippen LogP contribution in [0.4, 0.5) is 4.39 Å². The van der Waals surface area contributed by atoms with Crippen molar-refractivity contribution >= 4 is 16.1 Å². The Bertz CT molecular complexity index is 918. The maximum absolute atomic E-state index is 13.6. The van der Waals surface area contributed by atoms with Gasteiger partial charge < -0.3 is 4.90 Å². The van der Waals surface area contributed by atoms with Crippen LogP contribution >= 0.6 is 0 Å². The Morgan fingerprint density at radius 3 is 2.48 bits per heavy atom. The third-order valence-corrected chi connectivity index (χ3v) is 8.42. The van der Waals surface area contributed by atoms with Crippen molar-refractivity contribution in [3.8, 4) is 0 Å². The van der Waals surface area contributed by atoms with Gasteiger partial charge in [-0.25, -0.2) is 4.39 Å². The first-order valence-electron chi connectivity index (χ1n) is 10.2. The van der Waals surface area contributed by atoms with E-state index in [4.69, 9.17) is 0 Å².